The number of likely N-dealkylation sites (tertiary alicyclic amines) is 1. The fourth-order valence-electron chi connectivity index (χ4n) is 1.57. The summed E-state index contributed by atoms with van der Waals surface area (Å²) in [5.41, 5.74) is 6.91. The van der Waals surface area contributed by atoms with E-state index >= 15 is 0 Å². The van der Waals surface area contributed by atoms with Gasteiger partial charge in [0.15, 0.2) is 0 Å². The Morgan fingerprint density at radius 1 is 1.20 bits per heavy atom. The maximum Gasteiger partial charge on any atom is 0.323 e. The first kappa shape index (κ1) is 11.4. The van der Waals surface area contributed by atoms with Crippen molar-refractivity contribution in [3.05, 3.63) is 0 Å². The molecule has 84 valence electrons. The highest BCUT2D eigenvalue weighted by molar-refractivity contribution is 6.34. The summed E-state index contributed by atoms with van der Waals surface area (Å²) in [4.78, 5) is 34.4. The van der Waals surface area contributed by atoms with Crippen LogP contribution in [-0.2, 0) is 14.4 Å². The van der Waals surface area contributed by atoms with Crippen LogP contribution in [0.1, 0.15) is 12.8 Å². The van der Waals surface area contributed by atoms with Gasteiger partial charge in [-0.15, -0.1) is 0 Å². The number of carbonyl (C=O) groups is 3. The molecule has 5 N–H and O–H groups in total. The van der Waals surface area contributed by atoms with Crippen LogP contribution in [0.25, 0.3) is 0 Å². The van der Waals surface area contributed by atoms with Crippen molar-refractivity contribution >= 4 is 17.7 Å². The van der Waals surface area contributed by atoms with E-state index in [0.717, 1.165) is 0 Å². The Morgan fingerprint density at radius 2 is 1.73 bits per heavy atom. The number of nitrogens with two attached hydrogens (primary N) is 2. The number of primary amides is 1. The largest absolute Gasteiger partial charge is 0.369 e. The normalized spacial score (nSPS) is 17.3. The number of nitrogens with one attached hydrogen (secondary N) is 1. The van der Waals surface area contributed by atoms with Crippen LogP contribution in [0.4, 0.5) is 0 Å². The molecule has 0 aromatic heterocycles. The summed E-state index contributed by atoms with van der Waals surface area (Å²) in [6.45, 7) is 0.722. The molecule has 0 aromatic carbocycles. The first-order valence-corrected chi connectivity index (χ1v) is 4.65. The van der Waals surface area contributed by atoms with Crippen molar-refractivity contribution in [2.45, 2.75) is 12.8 Å². The van der Waals surface area contributed by atoms with Gasteiger partial charge in [-0.25, -0.2) is 5.84 Å². The number of hydrazine groups is 1. The molecule has 1 rings (SSSR count). The van der Waals surface area contributed by atoms with E-state index in [0.29, 0.717) is 25.9 Å². The molecule has 15 heavy (non-hydrogen) atoms. The van der Waals surface area contributed by atoms with Gasteiger partial charge >= 0.3 is 11.8 Å². The zero-order valence-corrected chi connectivity index (χ0v) is 8.23. The first-order valence-electron chi connectivity index (χ1n) is 4.65. The van der Waals surface area contributed by atoms with Gasteiger partial charge in [0.25, 0.3) is 0 Å². The number of hydrogen-bond acceptors (Lipinski definition) is 4. The van der Waals surface area contributed by atoms with Gasteiger partial charge < -0.3 is 10.6 Å². The van der Waals surface area contributed by atoms with Gasteiger partial charge in [0.1, 0.15) is 0 Å². The Kier molecular flexibility index (Phi) is 3.62. The monoisotopic (exact) mass is 214 g/mol. The summed E-state index contributed by atoms with van der Waals surface area (Å²) in [5.74, 6) is 2.77. The number of nitrogens with zero attached hydrogens (tertiary/aromatic N) is 1. The molecule has 0 unspecified atom stereocenters. The highest BCUT2D eigenvalue weighted by Gasteiger charge is 2.28. The van der Waals surface area contributed by atoms with E-state index in [1.807, 2.05) is 0 Å². The lowest BCUT2D eigenvalue weighted by molar-refractivity contribution is -0.147. The maximum atomic E-state index is 11.3. The molecule has 0 bridgehead atoms. The second-order valence-electron chi connectivity index (χ2n) is 3.44. The number of hydrogen-bond donors (Lipinski definition) is 3. The van der Waals surface area contributed by atoms with E-state index in [9.17, 15) is 14.4 Å². The summed E-state index contributed by atoms with van der Waals surface area (Å²) >= 11 is 0. The van der Waals surface area contributed by atoms with Crippen LogP contribution in [0.5, 0.6) is 0 Å². The van der Waals surface area contributed by atoms with E-state index in [1.165, 1.54) is 4.90 Å². The molecule has 1 fully saturated rings. The van der Waals surface area contributed by atoms with Crippen LogP contribution in [0, 0.1) is 5.92 Å². The molecule has 1 saturated heterocycles. The second-order valence-corrected chi connectivity index (χ2v) is 3.44. The lowest BCUT2D eigenvalue weighted by Gasteiger charge is -2.29. The standard InChI is InChI=1S/C8H14N4O3/c9-6(13)5-1-3-12(4-2-5)8(15)7(14)11-10/h5H,1-4,10H2,(H2,9,13)(H,11,14). The van der Waals surface area contributed by atoms with Crippen molar-refractivity contribution in [1.29, 1.82) is 0 Å². The Balaban J connectivity index is 2.47. The van der Waals surface area contributed by atoms with Crippen molar-refractivity contribution in [3.63, 3.8) is 0 Å². The molecule has 7 heteroatoms. The molecule has 1 aliphatic rings. The predicted octanol–water partition coefficient (Wildman–Crippen LogP) is -2.30. The molecule has 7 nitrogen and oxygen atoms in total. The molecule has 0 spiro atoms. The van der Waals surface area contributed by atoms with Gasteiger partial charge in [0, 0.05) is 19.0 Å². The summed E-state index contributed by atoms with van der Waals surface area (Å²) in [6.07, 6.45) is 0.998. The second kappa shape index (κ2) is 4.74. The Labute approximate surface area is 86.7 Å². The van der Waals surface area contributed by atoms with Gasteiger partial charge in [-0.3, -0.25) is 19.8 Å². The molecule has 0 aromatic rings. The molecule has 1 heterocycles. The molecule has 0 aliphatic carbocycles. The Bertz CT molecular complexity index is 284. The van der Waals surface area contributed by atoms with Crippen LogP contribution in [-0.4, -0.2) is 35.7 Å². The van der Waals surface area contributed by atoms with Crippen molar-refractivity contribution in [2.24, 2.45) is 17.5 Å². The average Bonchev–Trinajstić information content (AvgIpc) is 2.27. The molecular weight excluding hydrogens is 200 g/mol. The van der Waals surface area contributed by atoms with Gasteiger partial charge in [-0.05, 0) is 12.8 Å². The van der Waals surface area contributed by atoms with Crippen LogP contribution in [0.15, 0.2) is 0 Å². The Morgan fingerprint density at radius 3 is 2.13 bits per heavy atom. The summed E-state index contributed by atoms with van der Waals surface area (Å²) in [5, 5.41) is 0. The van der Waals surface area contributed by atoms with Crippen molar-refractivity contribution in [2.75, 3.05) is 13.1 Å². The topological polar surface area (TPSA) is 119 Å². The predicted molar refractivity (Wildman–Crippen MR) is 50.8 cm³/mol. The van der Waals surface area contributed by atoms with Gasteiger partial charge in [-0.1, -0.05) is 0 Å². The first-order chi connectivity index (χ1) is 7.06. The van der Waals surface area contributed by atoms with Crippen molar-refractivity contribution in [3.8, 4) is 0 Å². The third-order valence-electron chi connectivity index (χ3n) is 2.51. The molecule has 0 saturated carbocycles. The minimum absolute atomic E-state index is 0.199. The van der Waals surface area contributed by atoms with E-state index in [-0.39, 0.29) is 11.8 Å². The van der Waals surface area contributed by atoms with Gasteiger partial charge in [-0.2, -0.15) is 0 Å². The van der Waals surface area contributed by atoms with E-state index < -0.39 is 11.8 Å². The Hall–Kier alpha value is -1.63. The molecule has 1 aliphatic heterocycles. The number of piperidine rings is 1. The summed E-state index contributed by atoms with van der Waals surface area (Å²) < 4.78 is 0. The molecule has 0 radical (unpaired) electrons. The van der Waals surface area contributed by atoms with Crippen LogP contribution in [0.2, 0.25) is 0 Å². The van der Waals surface area contributed by atoms with Crippen LogP contribution in [0.3, 0.4) is 0 Å². The van der Waals surface area contributed by atoms with Crippen LogP contribution < -0.4 is 17.0 Å². The quantitative estimate of drug-likeness (QED) is 0.197. The van der Waals surface area contributed by atoms with E-state index in [1.54, 1.807) is 5.43 Å². The minimum atomic E-state index is -0.840. The average molecular weight is 214 g/mol. The number of amides is 3. The highest BCUT2D eigenvalue weighted by atomic mass is 16.2. The lowest BCUT2D eigenvalue weighted by Crippen LogP contribution is -2.49. The van der Waals surface area contributed by atoms with E-state index in [4.69, 9.17) is 11.6 Å². The number of rotatable bonds is 1. The van der Waals surface area contributed by atoms with E-state index in [2.05, 4.69) is 0 Å². The molecular formula is C8H14N4O3. The lowest BCUT2D eigenvalue weighted by atomic mass is 9.96. The molecule has 0 atom stereocenters. The third-order valence-corrected chi connectivity index (χ3v) is 2.51. The SMILES string of the molecule is NNC(=O)C(=O)N1CCC(C(N)=O)CC1. The highest BCUT2D eigenvalue weighted by Crippen LogP contribution is 2.16. The summed E-state index contributed by atoms with van der Waals surface area (Å²) in [7, 11) is 0. The zero-order chi connectivity index (χ0) is 11.4. The van der Waals surface area contributed by atoms with Crippen molar-refractivity contribution < 1.29 is 14.4 Å². The fourth-order valence-corrected chi connectivity index (χ4v) is 1.57. The van der Waals surface area contributed by atoms with Gasteiger partial charge in [0.05, 0.1) is 0 Å². The zero-order valence-electron chi connectivity index (χ0n) is 8.23. The van der Waals surface area contributed by atoms with Crippen LogP contribution >= 0.6 is 0 Å². The van der Waals surface area contributed by atoms with Crippen molar-refractivity contribution in [1.82, 2.24) is 10.3 Å². The minimum Gasteiger partial charge on any atom is -0.369 e. The smallest absolute Gasteiger partial charge is 0.323 e. The third kappa shape index (κ3) is 2.66. The molecule has 3 amide bonds. The summed E-state index contributed by atoms with van der Waals surface area (Å²) in [6, 6.07) is 0. The fraction of sp³-hybridized carbons (Fsp3) is 0.625. The number of carbonyl (C=O) groups excluding carboxylic acids is 3. The van der Waals surface area contributed by atoms with Gasteiger partial charge in [0.2, 0.25) is 5.91 Å². The maximum absolute atomic E-state index is 11.3.